The summed E-state index contributed by atoms with van der Waals surface area (Å²) in [6, 6.07) is 3.96. The van der Waals surface area contributed by atoms with Crippen molar-refractivity contribution < 1.29 is 14.2 Å². The number of methoxy groups -OCH3 is 1. The van der Waals surface area contributed by atoms with Gasteiger partial charge in [0.2, 0.25) is 5.75 Å². The fraction of sp³-hybridized carbons (Fsp3) is 0.444. The standard InChI is InChI=1S/C18H21N3O4S/c1-9(2)21-17-14(18(22)20-21)16(26-10(3)19-17)11-7-12(23-4)15-13(8-11)24-5-6-25-15/h7-9,16H,5-6H2,1-4H3,(H,20,22)/t16-/m1/s1. The van der Waals surface area contributed by atoms with Gasteiger partial charge in [0.25, 0.3) is 5.56 Å². The molecule has 2 aromatic rings. The number of nitrogens with zero attached hydrogens (tertiary/aromatic N) is 2. The molecule has 26 heavy (non-hydrogen) atoms. The molecule has 7 nitrogen and oxygen atoms in total. The molecule has 1 atom stereocenters. The molecule has 1 N–H and O–H groups in total. The number of ether oxygens (including phenoxy) is 3. The average molecular weight is 375 g/mol. The highest BCUT2D eigenvalue weighted by Crippen LogP contribution is 2.48. The highest BCUT2D eigenvalue weighted by Gasteiger charge is 2.32. The molecule has 8 heteroatoms. The minimum Gasteiger partial charge on any atom is -0.493 e. The van der Waals surface area contributed by atoms with E-state index in [1.165, 1.54) is 0 Å². The summed E-state index contributed by atoms with van der Waals surface area (Å²) in [7, 11) is 1.60. The number of hydrogen-bond donors (Lipinski definition) is 1. The van der Waals surface area contributed by atoms with Crippen LogP contribution in [0.1, 0.15) is 43.2 Å². The fourth-order valence-corrected chi connectivity index (χ4v) is 4.35. The summed E-state index contributed by atoms with van der Waals surface area (Å²) < 4.78 is 18.8. The van der Waals surface area contributed by atoms with Crippen LogP contribution < -0.4 is 19.8 Å². The van der Waals surface area contributed by atoms with Gasteiger partial charge in [-0.3, -0.25) is 14.6 Å². The van der Waals surface area contributed by atoms with E-state index in [0.29, 0.717) is 41.8 Å². The third kappa shape index (κ3) is 2.68. The number of benzene rings is 1. The normalized spacial score (nSPS) is 18.5. The Bertz CT molecular complexity index is 927. The van der Waals surface area contributed by atoms with Gasteiger partial charge in [0.05, 0.1) is 23.0 Å². The van der Waals surface area contributed by atoms with Crippen LogP contribution in [0.4, 0.5) is 5.82 Å². The number of aromatic amines is 1. The number of nitrogens with one attached hydrogen (secondary N) is 1. The van der Waals surface area contributed by atoms with E-state index in [9.17, 15) is 4.79 Å². The van der Waals surface area contributed by atoms with Gasteiger partial charge >= 0.3 is 0 Å². The molecule has 4 rings (SSSR count). The summed E-state index contributed by atoms with van der Waals surface area (Å²) in [4.78, 5) is 17.3. The summed E-state index contributed by atoms with van der Waals surface area (Å²) in [6.45, 7) is 6.98. The zero-order valence-corrected chi connectivity index (χ0v) is 16.0. The number of rotatable bonds is 3. The lowest BCUT2D eigenvalue weighted by Crippen LogP contribution is -2.17. The van der Waals surface area contributed by atoms with E-state index in [1.807, 2.05) is 37.6 Å². The van der Waals surface area contributed by atoms with E-state index in [2.05, 4.69) is 10.1 Å². The van der Waals surface area contributed by atoms with E-state index < -0.39 is 0 Å². The SMILES string of the molecule is COc1cc([C@H]2SC(C)=Nc3c2c(=O)[nH]n3C(C)C)cc2c1OCCO2. The highest BCUT2D eigenvalue weighted by molar-refractivity contribution is 8.14. The molecule has 138 valence electrons. The average Bonchev–Trinajstić information content (AvgIpc) is 2.96. The Morgan fingerprint density at radius 2 is 2.12 bits per heavy atom. The van der Waals surface area contributed by atoms with Crippen molar-refractivity contribution >= 4 is 22.6 Å². The predicted molar refractivity (Wildman–Crippen MR) is 102 cm³/mol. The molecule has 2 aliphatic rings. The minimum atomic E-state index is -0.184. The van der Waals surface area contributed by atoms with E-state index in [1.54, 1.807) is 18.9 Å². The minimum absolute atomic E-state index is 0.113. The zero-order chi connectivity index (χ0) is 18.4. The molecule has 0 unspecified atom stereocenters. The third-order valence-electron chi connectivity index (χ3n) is 4.42. The van der Waals surface area contributed by atoms with Crippen molar-refractivity contribution in [2.24, 2.45) is 4.99 Å². The van der Waals surface area contributed by atoms with Crippen molar-refractivity contribution in [2.75, 3.05) is 20.3 Å². The van der Waals surface area contributed by atoms with E-state index in [0.717, 1.165) is 10.6 Å². The Morgan fingerprint density at radius 1 is 1.35 bits per heavy atom. The fourth-order valence-electron chi connectivity index (χ4n) is 3.26. The Hall–Kier alpha value is -2.35. The number of H-pyrrole nitrogens is 1. The molecule has 3 heterocycles. The van der Waals surface area contributed by atoms with Crippen molar-refractivity contribution in [1.29, 1.82) is 0 Å². The van der Waals surface area contributed by atoms with Gasteiger partial charge in [-0.25, -0.2) is 4.99 Å². The monoisotopic (exact) mass is 375 g/mol. The lowest BCUT2D eigenvalue weighted by molar-refractivity contribution is 0.165. The molecule has 0 aliphatic carbocycles. The lowest BCUT2D eigenvalue weighted by atomic mass is 10.0. The van der Waals surface area contributed by atoms with Crippen molar-refractivity contribution in [3.8, 4) is 17.2 Å². The summed E-state index contributed by atoms with van der Waals surface area (Å²) in [6.07, 6.45) is 0. The first-order chi connectivity index (χ1) is 12.5. The first-order valence-electron chi connectivity index (χ1n) is 8.53. The first-order valence-corrected chi connectivity index (χ1v) is 9.41. The van der Waals surface area contributed by atoms with Crippen LogP contribution in [0.15, 0.2) is 21.9 Å². The molecule has 0 saturated heterocycles. The largest absolute Gasteiger partial charge is 0.493 e. The van der Waals surface area contributed by atoms with Crippen molar-refractivity contribution in [3.63, 3.8) is 0 Å². The van der Waals surface area contributed by atoms with E-state index in [-0.39, 0.29) is 16.9 Å². The first kappa shape index (κ1) is 17.1. The molecule has 0 amide bonds. The quantitative estimate of drug-likeness (QED) is 0.889. The molecule has 0 radical (unpaired) electrons. The highest BCUT2D eigenvalue weighted by atomic mass is 32.2. The maximum absolute atomic E-state index is 12.7. The molecular weight excluding hydrogens is 354 g/mol. The summed E-state index contributed by atoms with van der Waals surface area (Å²) in [5.41, 5.74) is 1.47. The Labute approximate surface area is 155 Å². The second kappa shape index (κ2) is 6.42. The second-order valence-corrected chi connectivity index (χ2v) is 7.82. The van der Waals surface area contributed by atoms with Crippen LogP contribution in [0.25, 0.3) is 0 Å². The van der Waals surface area contributed by atoms with Crippen molar-refractivity contribution in [1.82, 2.24) is 9.78 Å². The van der Waals surface area contributed by atoms with Crippen molar-refractivity contribution in [2.45, 2.75) is 32.1 Å². The van der Waals surface area contributed by atoms with E-state index >= 15 is 0 Å². The topological polar surface area (TPSA) is 77.8 Å². The van der Waals surface area contributed by atoms with Crippen LogP contribution in [0.3, 0.4) is 0 Å². The van der Waals surface area contributed by atoms with Gasteiger partial charge in [-0.15, -0.1) is 0 Å². The van der Waals surface area contributed by atoms with Gasteiger partial charge < -0.3 is 14.2 Å². The predicted octanol–water partition coefficient (Wildman–Crippen LogP) is 3.42. The maximum atomic E-state index is 12.7. The Balaban J connectivity index is 1.88. The molecule has 1 aromatic carbocycles. The molecule has 0 spiro atoms. The maximum Gasteiger partial charge on any atom is 0.271 e. The second-order valence-electron chi connectivity index (χ2n) is 6.52. The number of aliphatic imine (C=N–C) groups is 1. The summed E-state index contributed by atoms with van der Waals surface area (Å²) in [5.74, 6) is 2.56. The number of fused-ring (bicyclic) bond motifs is 2. The zero-order valence-electron chi connectivity index (χ0n) is 15.2. The number of thioether (sulfide) groups is 1. The van der Waals surface area contributed by atoms with Crippen molar-refractivity contribution in [3.05, 3.63) is 33.6 Å². The smallest absolute Gasteiger partial charge is 0.271 e. The van der Waals surface area contributed by atoms with Gasteiger partial charge in [0.15, 0.2) is 17.3 Å². The number of hydrogen-bond acceptors (Lipinski definition) is 6. The van der Waals surface area contributed by atoms with Gasteiger partial charge in [-0.2, -0.15) is 0 Å². The molecule has 0 bridgehead atoms. The van der Waals surface area contributed by atoms with Gasteiger partial charge in [0, 0.05) is 6.04 Å². The lowest BCUT2D eigenvalue weighted by Gasteiger charge is -2.25. The Morgan fingerprint density at radius 3 is 2.85 bits per heavy atom. The third-order valence-corrected chi connectivity index (χ3v) is 5.60. The molecular formula is C18H21N3O4S. The van der Waals surface area contributed by atoms with Gasteiger partial charge in [0.1, 0.15) is 13.2 Å². The van der Waals surface area contributed by atoms with Crippen LogP contribution >= 0.6 is 11.8 Å². The van der Waals surface area contributed by atoms with Gasteiger partial charge in [-0.1, -0.05) is 11.8 Å². The molecule has 0 saturated carbocycles. The summed E-state index contributed by atoms with van der Waals surface area (Å²) >= 11 is 1.56. The van der Waals surface area contributed by atoms with E-state index in [4.69, 9.17) is 14.2 Å². The van der Waals surface area contributed by atoms with Crippen LogP contribution in [0.2, 0.25) is 0 Å². The summed E-state index contributed by atoms with van der Waals surface area (Å²) in [5, 5.41) is 3.64. The Kier molecular flexibility index (Phi) is 4.22. The van der Waals surface area contributed by atoms with Crippen LogP contribution in [-0.2, 0) is 0 Å². The van der Waals surface area contributed by atoms with Gasteiger partial charge in [-0.05, 0) is 38.5 Å². The molecule has 0 fully saturated rings. The molecule has 2 aliphatic heterocycles. The van der Waals surface area contributed by atoms with Crippen LogP contribution in [0.5, 0.6) is 17.2 Å². The number of aromatic nitrogens is 2. The van der Waals surface area contributed by atoms with Crippen LogP contribution in [0, 0.1) is 0 Å². The molecule has 1 aromatic heterocycles. The van der Waals surface area contributed by atoms with Crippen LogP contribution in [-0.4, -0.2) is 35.1 Å².